The van der Waals surface area contributed by atoms with E-state index in [1.54, 1.807) is 11.3 Å². The third-order valence-electron chi connectivity index (χ3n) is 7.57. The molecule has 3 aliphatic carbocycles. The average Bonchev–Trinajstić information content (AvgIpc) is 3.29. The molecule has 4 nitrogen and oxygen atoms in total. The van der Waals surface area contributed by atoms with Crippen LogP contribution in [0.1, 0.15) is 55.9 Å². The van der Waals surface area contributed by atoms with Crippen LogP contribution in [0.25, 0.3) is 5.57 Å². The number of nitrogens with one attached hydrogen (secondary N) is 1. The molecular formula is C31H33F2NO3S2. The highest BCUT2D eigenvalue weighted by atomic mass is 32.2. The molecule has 8 heteroatoms. The van der Waals surface area contributed by atoms with Crippen molar-refractivity contribution < 1.29 is 21.9 Å². The lowest BCUT2D eigenvalue weighted by Crippen LogP contribution is -2.38. The lowest BCUT2D eigenvalue weighted by Gasteiger charge is -2.35. The molecule has 1 N–H and O–H groups in total. The number of halogens is 2. The smallest absolute Gasteiger partial charge is 0.394 e. The van der Waals surface area contributed by atoms with Crippen molar-refractivity contribution in [2.45, 2.75) is 69.4 Å². The summed E-state index contributed by atoms with van der Waals surface area (Å²) in [5, 5.41) is 2.16. The Hall–Kier alpha value is -2.81. The molecule has 1 saturated carbocycles. The van der Waals surface area contributed by atoms with Crippen molar-refractivity contribution in [2.24, 2.45) is 5.92 Å². The van der Waals surface area contributed by atoms with Crippen molar-refractivity contribution in [3.63, 3.8) is 0 Å². The lowest BCUT2D eigenvalue weighted by atomic mass is 9.71. The molecule has 0 aliphatic heterocycles. The zero-order valence-corrected chi connectivity index (χ0v) is 23.9. The van der Waals surface area contributed by atoms with Crippen molar-refractivity contribution in [1.29, 1.82) is 0 Å². The largest absolute Gasteiger partial charge is 0.433 e. The van der Waals surface area contributed by atoms with E-state index in [0.717, 1.165) is 36.8 Å². The quantitative estimate of drug-likeness (QED) is 0.366. The van der Waals surface area contributed by atoms with E-state index in [-0.39, 0.29) is 16.7 Å². The molecule has 1 aromatic carbocycles. The van der Waals surface area contributed by atoms with Crippen LogP contribution in [-0.2, 0) is 10.0 Å². The zero-order valence-electron chi connectivity index (χ0n) is 22.2. The first-order valence-corrected chi connectivity index (χ1v) is 15.5. The van der Waals surface area contributed by atoms with Gasteiger partial charge in [0.1, 0.15) is 5.75 Å². The van der Waals surface area contributed by atoms with Crippen LogP contribution in [0.4, 0.5) is 8.78 Å². The molecule has 1 heterocycles. The minimum absolute atomic E-state index is 0.0284. The van der Waals surface area contributed by atoms with Gasteiger partial charge in [-0.3, -0.25) is 0 Å². The van der Waals surface area contributed by atoms with E-state index in [9.17, 15) is 17.2 Å². The number of thiophene rings is 1. The molecule has 0 spiro atoms. The van der Waals surface area contributed by atoms with E-state index in [4.69, 9.17) is 0 Å². The number of alkyl halides is 2. The fraction of sp³-hybridized carbons (Fsp3) is 0.355. The van der Waals surface area contributed by atoms with E-state index in [2.05, 4.69) is 53.1 Å². The predicted molar refractivity (Wildman–Crippen MR) is 153 cm³/mol. The molecule has 0 amide bonds. The molecule has 0 radical (unpaired) electrons. The van der Waals surface area contributed by atoms with Crippen LogP contribution in [0, 0.1) is 12.8 Å². The van der Waals surface area contributed by atoms with E-state index in [1.807, 2.05) is 0 Å². The first kappa shape index (κ1) is 27.7. The van der Waals surface area contributed by atoms with Gasteiger partial charge in [0.25, 0.3) is 0 Å². The Morgan fingerprint density at radius 2 is 1.77 bits per heavy atom. The van der Waals surface area contributed by atoms with Gasteiger partial charge in [0.15, 0.2) is 0 Å². The number of ether oxygens (including phenoxy) is 1. The third kappa shape index (κ3) is 6.18. The number of allylic oxidation sites excluding steroid dienone is 8. The van der Waals surface area contributed by atoms with Crippen LogP contribution in [0.2, 0.25) is 0 Å². The highest BCUT2D eigenvalue weighted by Crippen LogP contribution is 2.47. The summed E-state index contributed by atoms with van der Waals surface area (Å²) in [5.74, 6) is 0.230. The van der Waals surface area contributed by atoms with E-state index < -0.39 is 16.1 Å². The second-order valence-corrected chi connectivity index (χ2v) is 13.4. The van der Waals surface area contributed by atoms with Crippen molar-refractivity contribution >= 4 is 26.9 Å². The highest BCUT2D eigenvalue weighted by Gasteiger charge is 2.32. The Bertz CT molecular complexity index is 1500. The van der Waals surface area contributed by atoms with Gasteiger partial charge in [-0.05, 0) is 132 Å². The Balaban J connectivity index is 1.30. The number of rotatable bonds is 7. The minimum Gasteiger partial charge on any atom is -0.433 e. The van der Waals surface area contributed by atoms with Gasteiger partial charge < -0.3 is 4.74 Å². The van der Waals surface area contributed by atoms with Gasteiger partial charge in [-0.1, -0.05) is 19.2 Å². The average molecular weight is 570 g/mol. The molecule has 0 atom stereocenters. The predicted octanol–water partition coefficient (Wildman–Crippen LogP) is 8.11. The van der Waals surface area contributed by atoms with Gasteiger partial charge in [0, 0.05) is 17.8 Å². The highest BCUT2D eigenvalue weighted by molar-refractivity contribution is 7.89. The molecule has 39 heavy (non-hydrogen) atoms. The van der Waals surface area contributed by atoms with E-state index >= 15 is 0 Å². The Morgan fingerprint density at radius 1 is 1.08 bits per heavy atom. The summed E-state index contributed by atoms with van der Waals surface area (Å²) in [7, 11) is -3.78. The Kier molecular flexibility index (Phi) is 7.57. The summed E-state index contributed by atoms with van der Waals surface area (Å²) in [4.78, 5) is 1.27. The monoisotopic (exact) mass is 569 g/mol. The molecule has 206 valence electrons. The second kappa shape index (κ2) is 10.6. The van der Waals surface area contributed by atoms with Crippen LogP contribution in [0.5, 0.6) is 5.75 Å². The summed E-state index contributed by atoms with van der Waals surface area (Å²) in [6.07, 6.45) is 6.05. The first-order chi connectivity index (χ1) is 18.4. The molecule has 1 fully saturated rings. The van der Waals surface area contributed by atoms with Gasteiger partial charge in [0.2, 0.25) is 10.0 Å². The standard InChI is InChI=1S/C31H33F2NO3S2/c1-19-15-29(38-18-19)27-17-28-23(16-21(27)3)6-5-20(2)30(28)22-7-9-24(10-8-22)34-39(35,36)26-13-11-25(12-14-26)37-31(4,32)33/h6,11-15,17-18,22,24,34H,2-3,5,7-10,16H2,1,4H3. The van der Waals surface area contributed by atoms with Crippen LogP contribution < -0.4 is 9.46 Å². The molecule has 3 aliphatic rings. The van der Waals surface area contributed by atoms with E-state index in [0.29, 0.717) is 25.7 Å². The molecule has 0 unspecified atom stereocenters. The summed E-state index contributed by atoms with van der Waals surface area (Å²) in [6, 6.07) is 7.09. The molecular weight excluding hydrogens is 536 g/mol. The summed E-state index contributed by atoms with van der Waals surface area (Å²) in [6.45, 7) is 11.5. The summed E-state index contributed by atoms with van der Waals surface area (Å²) < 4.78 is 59.4. The van der Waals surface area contributed by atoms with Crippen LogP contribution >= 0.6 is 11.3 Å². The number of fused-ring (bicyclic) bond motifs is 1. The van der Waals surface area contributed by atoms with Gasteiger partial charge in [0.05, 0.1) is 4.90 Å². The van der Waals surface area contributed by atoms with Crippen molar-refractivity contribution in [2.75, 3.05) is 0 Å². The first-order valence-electron chi connectivity index (χ1n) is 13.2. The number of sulfonamides is 1. The maximum Gasteiger partial charge on any atom is 0.394 e. The van der Waals surface area contributed by atoms with Crippen molar-refractivity contribution in [3.8, 4) is 5.75 Å². The van der Waals surface area contributed by atoms with Gasteiger partial charge in [-0.15, -0.1) is 11.3 Å². The zero-order chi connectivity index (χ0) is 27.9. The molecule has 0 bridgehead atoms. The maximum atomic E-state index is 13.1. The van der Waals surface area contributed by atoms with Crippen LogP contribution in [-0.4, -0.2) is 20.6 Å². The van der Waals surface area contributed by atoms with E-state index in [1.165, 1.54) is 57.0 Å². The number of benzene rings is 1. The Morgan fingerprint density at radius 3 is 2.38 bits per heavy atom. The lowest BCUT2D eigenvalue weighted by molar-refractivity contribution is -0.158. The number of hydrogen-bond donors (Lipinski definition) is 1. The van der Waals surface area contributed by atoms with Crippen molar-refractivity contribution in [3.05, 3.63) is 99.3 Å². The summed E-state index contributed by atoms with van der Waals surface area (Å²) in [5.41, 5.74) is 8.63. The maximum absolute atomic E-state index is 13.1. The third-order valence-corrected chi connectivity index (χ3v) is 10.2. The van der Waals surface area contributed by atoms with Crippen molar-refractivity contribution in [1.82, 2.24) is 4.72 Å². The topological polar surface area (TPSA) is 55.4 Å². The van der Waals surface area contributed by atoms with Gasteiger partial charge in [-0.2, -0.15) is 8.78 Å². The number of hydrogen-bond acceptors (Lipinski definition) is 4. The molecule has 2 aromatic rings. The SMILES string of the molecule is C=C1CC2=CCC(=C)C(C3CCC(NS(=O)(=O)c4ccc(OC(C)(F)F)cc4)CC3)=C2C=C1c1cc(C)cs1. The fourth-order valence-electron chi connectivity index (χ4n) is 5.75. The molecule has 1 aromatic heterocycles. The van der Waals surface area contributed by atoms with Crippen LogP contribution in [0.3, 0.4) is 0 Å². The van der Waals surface area contributed by atoms with Gasteiger partial charge in [-0.25, -0.2) is 13.1 Å². The van der Waals surface area contributed by atoms with Crippen LogP contribution in [0.15, 0.2) is 93.8 Å². The minimum atomic E-state index is -3.78. The normalized spacial score (nSPS) is 22.4. The van der Waals surface area contributed by atoms with Gasteiger partial charge >= 0.3 is 6.11 Å². The molecule has 5 rings (SSSR count). The second-order valence-electron chi connectivity index (χ2n) is 10.7. The number of aryl methyl sites for hydroxylation is 1. The Labute approximate surface area is 233 Å². The fourth-order valence-corrected chi connectivity index (χ4v) is 8.02. The summed E-state index contributed by atoms with van der Waals surface area (Å²) >= 11 is 1.74. The molecule has 0 saturated heterocycles.